The average Bonchev–Trinajstić information content (AvgIpc) is 2.74. The van der Waals surface area contributed by atoms with Gasteiger partial charge in [0.1, 0.15) is 0 Å². The summed E-state index contributed by atoms with van der Waals surface area (Å²) in [5.41, 5.74) is 2.12. The second kappa shape index (κ2) is 10.4. The number of hydrogen-bond donors (Lipinski definition) is 2. The Morgan fingerprint density at radius 2 is 1.59 bits per heavy atom. The molecule has 2 rings (SSSR count). The van der Waals surface area contributed by atoms with Gasteiger partial charge in [-0.3, -0.25) is 0 Å². The van der Waals surface area contributed by atoms with Crippen LogP contribution in [0.2, 0.25) is 0 Å². The molecule has 0 saturated heterocycles. The molecule has 98 valence electrons. The van der Waals surface area contributed by atoms with Crippen LogP contribution in [0.15, 0.2) is 12.1 Å². The number of rotatable bonds is 0. The van der Waals surface area contributed by atoms with Gasteiger partial charge in [-0.25, -0.2) is 0 Å². The summed E-state index contributed by atoms with van der Waals surface area (Å²) in [6.07, 6.45) is 3.02. The van der Waals surface area contributed by atoms with Gasteiger partial charge in [-0.15, -0.1) is 0 Å². The van der Waals surface area contributed by atoms with Crippen molar-refractivity contribution in [1.29, 1.82) is 0 Å². The molecule has 0 amide bonds. The van der Waals surface area contributed by atoms with E-state index in [1.54, 1.807) is 6.07 Å². The number of halogens is 3. The van der Waals surface area contributed by atoms with Gasteiger partial charge >= 0.3 is 64.9 Å². The standard InChI is InChI=1S/C9H10O2.C2H6.3HI.V/c10-8-5-4-6-2-1-3-7(6)9(8)11;1-2;;;;/h4-5,10-11H,1-3H2;1-2H3;3*1H;/q;;;;;+3/p-3. The second-order valence-corrected chi connectivity index (χ2v) is 38.5. The van der Waals surface area contributed by atoms with Gasteiger partial charge in [0, 0.05) is 5.56 Å². The summed E-state index contributed by atoms with van der Waals surface area (Å²) >= 11 is 7.39. The molecule has 1 aliphatic carbocycles. The fourth-order valence-corrected chi connectivity index (χ4v) is 1.63. The first-order valence-electron chi connectivity index (χ1n) is 5.32. The number of phenols is 2. The Balaban J connectivity index is 0.000000368. The number of benzene rings is 1. The summed E-state index contributed by atoms with van der Waals surface area (Å²) in [6.45, 7) is 4.00. The molecule has 0 unspecified atom stereocenters. The van der Waals surface area contributed by atoms with E-state index in [0.29, 0.717) is 0 Å². The van der Waals surface area contributed by atoms with Crippen molar-refractivity contribution in [1.82, 2.24) is 0 Å². The van der Waals surface area contributed by atoms with Crippen LogP contribution in [0.1, 0.15) is 31.4 Å². The van der Waals surface area contributed by atoms with E-state index in [-0.39, 0.29) is 16.4 Å². The van der Waals surface area contributed by atoms with Crippen LogP contribution in [0, 0.1) is 0 Å². The fourth-order valence-electron chi connectivity index (χ4n) is 1.63. The van der Waals surface area contributed by atoms with Crippen LogP contribution in [0.5, 0.6) is 11.5 Å². The summed E-state index contributed by atoms with van der Waals surface area (Å²) in [5.74, 6) is 0.0886. The molecule has 0 fully saturated rings. The molecular weight excluding hydrogens is 596 g/mol. The van der Waals surface area contributed by atoms with Gasteiger partial charge in [0.25, 0.3) is 0 Å². The van der Waals surface area contributed by atoms with Gasteiger partial charge in [-0.05, 0) is 30.9 Å². The zero-order chi connectivity index (χ0) is 13.4. The van der Waals surface area contributed by atoms with Crippen molar-refractivity contribution in [3.05, 3.63) is 23.3 Å². The second-order valence-electron chi connectivity index (χ2n) is 3.12. The first-order chi connectivity index (χ1) is 8.02. The molecule has 17 heavy (non-hydrogen) atoms. The van der Waals surface area contributed by atoms with Crippen molar-refractivity contribution in [2.24, 2.45) is 0 Å². The summed E-state index contributed by atoms with van der Waals surface area (Å²) in [7, 11) is 0. The third-order valence-electron chi connectivity index (χ3n) is 2.23. The predicted octanol–water partition coefficient (Wildman–Crippen LogP) is 5.27. The zero-order valence-corrected chi connectivity index (χ0v) is 17.6. The average molecular weight is 612 g/mol. The van der Waals surface area contributed by atoms with Crippen LogP contribution in [0.3, 0.4) is 0 Å². The number of hydrogen-bond acceptors (Lipinski definition) is 2. The Hall–Kier alpha value is 1.59. The minimum absolute atomic E-state index is 0.00523. The molecule has 1 aromatic carbocycles. The fraction of sp³-hybridized carbons (Fsp3) is 0.455. The monoisotopic (exact) mass is 612 g/mol. The number of aryl methyl sites for hydroxylation is 1. The molecule has 0 saturated carbocycles. The van der Waals surface area contributed by atoms with E-state index in [1.165, 1.54) is 5.56 Å². The first kappa shape index (κ1) is 18.6. The van der Waals surface area contributed by atoms with Gasteiger partial charge in [0.2, 0.25) is 0 Å². The zero-order valence-electron chi connectivity index (χ0n) is 9.75. The molecule has 1 aromatic rings. The molecular formula is C11H16I3O2V. The van der Waals surface area contributed by atoms with Crippen LogP contribution in [0.25, 0.3) is 0 Å². The molecule has 2 nitrogen and oxygen atoms in total. The van der Waals surface area contributed by atoms with Gasteiger partial charge in [0.05, 0.1) is 0 Å². The molecule has 0 spiro atoms. The van der Waals surface area contributed by atoms with E-state index >= 15 is 0 Å². The van der Waals surface area contributed by atoms with E-state index in [4.69, 9.17) is 5.11 Å². The molecule has 2 N–H and O–H groups in total. The first-order valence-corrected chi connectivity index (χ1v) is 18.8. The van der Waals surface area contributed by atoms with E-state index in [2.05, 4.69) is 59.9 Å². The normalized spacial score (nSPS) is 12.1. The van der Waals surface area contributed by atoms with E-state index in [1.807, 2.05) is 19.9 Å². The Labute approximate surface area is 141 Å². The number of phenolic OH excluding ortho intramolecular Hbond substituents is 2. The molecule has 0 bridgehead atoms. The maximum absolute atomic E-state index is 9.37. The Morgan fingerprint density at radius 3 is 2.12 bits per heavy atom. The molecule has 0 aliphatic heterocycles. The van der Waals surface area contributed by atoms with Crippen molar-refractivity contribution in [2.75, 3.05) is 0 Å². The van der Waals surface area contributed by atoms with Gasteiger partial charge in [-0.2, -0.15) is 0 Å². The minimum atomic E-state index is -0.278. The van der Waals surface area contributed by atoms with Crippen LogP contribution in [-0.4, -0.2) is 10.2 Å². The Morgan fingerprint density at radius 1 is 1.06 bits per heavy atom. The van der Waals surface area contributed by atoms with Gasteiger partial charge in [-0.1, -0.05) is 19.9 Å². The SMILES string of the molecule is CC.Oc1ccc2c(c1O)CCC2.[I][V]([I])[I]. The Bertz CT molecular complexity index is 343. The molecule has 6 heteroatoms. The van der Waals surface area contributed by atoms with Crippen LogP contribution in [0.4, 0.5) is 0 Å². The summed E-state index contributed by atoms with van der Waals surface area (Å²) < 4.78 is 0. The number of fused-ring (bicyclic) bond motifs is 1. The van der Waals surface area contributed by atoms with Crippen molar-refractivity contribution in [2.45, 2.75) is 33.1 Å². The van der Waals surface area contributed by atoms with Crippen LogP contribution < -0.4 is 0 Å². The van der Waals surface area contributed by atoms with E-state index in [0.717, 1.165) is 24.8 Å². The van der Waals surface area contributed by atoms with Crippen LogP contribution in [-0.2, 0) is 17.8 Å². The van der Waals surface area contributed by atoms with Crippen LogP contribution >= 0.6 is 59.9 Å². The molecule has 0 aromatic heterocycles. The molecule has 1 aliphatic rings. The summed E-state index contributed by atoms with van der Waals surface area (Å²) in [5, 5.41) is 18.5. The van der Waals surface area contributed by atoms with E-state index < -0.39 is 0 Å². The Kier molecular flexibility index (Phi) is 11.4. The molecule has 0 radical (unpaired) electrons. The summed E-state index contributed by atoms with van der Waals surface area (Å²) in [6, 6.07) is 3.44. The maximum atomic E-state index is 9.37. The van der Waals surface area contributed by atoms with Crippen molar-refractivity contribution < 1.29 is 15.1 Å². The topological polar surface area (TPSA) is 40.5 Å². The third-order valence-corrected chi connectivity index (χ3v) is 2.23. The van der Waals surface area contributed by atoms with E-state index in [9.17, 15) is 5.11 Å². The summed E-state index contributed by atoms with van der Waals surface area (Å²) in [4.78, 5) is -0.278. The number of aromatic hydroxyl groups is 2. The molecule has 0 heterocycles. The van der Waals surface area contributed by atoms with Gasteiger partial charge < -0.3 is 10.2 Å². The quantitative estimate of drug-likeness (QED) is 0.310. The predicted molar refractivity (Wildman–Crippen MR) is 95.2 cm³/mol. The van der Waals surface area contributed by atoms with Crippen molar-refractivity contribution in [3.8, 4) is 11.5 Å². The van der Waals surface area contributed by atoms with Gasteiger partial charge in [0.15, 0.2) is 11.5 Å². The van der Waals surface area contributed by atoms with Crippen molar-refractivity contribution >= 4 is 59.9 Å². The third kappa shape index (κ3) is 7.07. The van der Waals surface area contributed by atoms with Crippen molar-refractivity contribution in [3.63, 3.8) is 0 Å². The molecule has 0 atom stereocenters.